The molecule has 0 radical (unpaired) electrons. The van der Waals surface area contributed by atoms with E-state index < -0.39 is 0 Å². The predicted molar refractivity (Wildman–Crippen MR) is 158 cm³/mol. The van der Waals surface area contributed by atoms with Crippen LogP contribution in [0.5, 0.6) is 0 Å². The van der Waals surface area contributed by atoms with E-state index in [4.69, 9.17) is 0 Å². The fourth-order valence-electron chi connectivity index (χ4n) is 5.96. The van der Waals surface area contributed by atoms with Gasteiger partial charge in [0.15, 0.2) is 0 Å². The molecule has 1 aliphatic carbocycles. The van der Waals surface area contributed by atoms with Gasteiger partial charge < -0.3 is 0 Å². The van der Waals surface area contributed by atoms with Gasteiger partial charge in [-0.3, -0.25) is 0 Å². The highest BCUT2D eigenvalue weighted by molar-refractivity contribution is 6.24. The summed E-state index contributed by atoms with van der Waals surface area (Å²) in [6, 6.07) is 54.9. The first kappa shape index (κ1) is 23.0. The molecule has 0 fully saturated rings. The average Bonchev–Trinajstić information content (AvgIpc) is 2.98. The second kappa shape index (κ2) is 10.3. The second-order valence-corrected chi connectivity index (χ2v) is 9.72. The monoisotopic (exact) mass is 474 g/mol. The van der Waals surface area contributed by atoms with Gasteiger partial charge in [-0.1, -0.05) is 159 Å². The molecule has 0 saturated heterocycles. The van der Waals surface area contributed by atoms with Gasteiger partial charge in [-0.25, -0.2) is 0 Å². The topological polar surface area (TPSA) is 0 Å². The Hall–Kier alpha value is -4.42. The molecule has 0 heterocycles. The quantitative estimate of drug-likeness (QED) is 0.238. The lowest BCUT2D eigenvalue weighted by Crippen LogP contribution is -2.21. The molecule has 0 bridgehead atoms. The molecule has 0 nitrogen and oxygen atoms in total. The van der Waals surface area contributed by atoms with Gasteiger partial charge >= 0.3 is 0 Å². The molecule has 0 heteroatoms. The van der Waals surface area contributed by atoms with Crippen LogP contribution in [0.4, 0.5) is 0 Å². The molecule has 2 atom stereocenters. The Morgan fingerprint density at radius 1 is 0.351 bits per heavy atom. The minimum atomic E-state index is 0.210. The molecule has 5 aromatic carbocycles. The van der Waals surface area contributed by atoms with Crippen LogP contribution in [0, 0.1) is 5.92 Å². The third kappa shape index (κ3) is 4.36. The van der Waals surface area contributed by atoms with Crippen LogP contribution in [0.3, 0.4) is 0 Å². The lowest BCUT2D eigenvalue weighted by atomic mass is 9.64. The number of allylic oxidation sites excluding steroid dienone is 4. The van der Waals surface area contributed by atoms with Crippen molar-refractivity contribution in [3.8, 4) is 0 Å². The lowest BCUT2D eigenvalue weighted by Gasteiger charge is -2.39. The predicted octanol–water partition coefficient (Wildman–Crippen LogP) is 9.64. The third-order valence-electron chi connectivity index (χ3n) is 7.51. The fraction of sp³-hybridized carbons (Fsp3) is 0.0811. The van der Waals surface area contributed by atoms with Crippen molar-refractivity contribution in [3.63, 3.8) is 0 Å². The van der Waals surface area contributed by atoms with Gasteiger partial charge in [-0.05, 0) is 56.0 Å². The van der Waals surface area contributed by atoms with Crippen LogP contribution in [0.2, 0.25) is 0 Å². The highest BCUT2D eigenvalue weighted by Gasteiger charge is 2.37. The standard InChI is InChI=1S/C37H30/c1-27-33(28-17-7-2-8-18-28)35(30-21-11-4-12-22-30)37(32-25-15-6-16-26-32)36(31-23-13-5-14-24-31)34(27)29-19-9-3-10-20-29/h2-27,33H,1H3/t27-,33+/m0/s1. The number of hydrogen-bond donors (Lipinski definition) is 0. The van der Waals surface area contributed by atoms with Crippen molar-refractivity contribution in [3.05, 3.63) is 179 Å². The van der Waals surface area contributed by atoms with Crippen LogP contribution in [0.25, 0.3) is 22.3 Å². The van der Waals surface area contributed by atoms with Gasteiger partial charge in [0.25, 0.3) is 0 Å². The number of rotatable bonds is 5. The highest BCUT2D eigenvalue weighted by atomic mass is 14.4. The largest absolute Gasteiger partial charge is 0.0622 e. The molecule has 0 aromatic heterocycles. The van der Waals surface area contributed by atoms with E-state index in [0.717, 1.165) is 0 Å². The molecule has 0 N–H and O–H groups in total. The van der Waals surface area contributed by atoms with Gasteiger partial charge in [0.2, 0.25) is 0 Å². The van der Waals surface area contributed by atoms with Crippen molar-refractivity contribution in [1.82, 2.24) is 0 Å². The summed E-state index contributed by atoms with van der Waals surface area (Å²) in [4.78, 5) is 0. The van der Waals surface area contributed by atoms with Gasteiger partial charge in [0.05, 0.1) is 0 Å². The normalized spacial score (nSPS) is 17.6. The van der Waals surface area contributed by atoms with Crippen LogP contribution in [0.1, 0.15) is 40.7 Å². The van der Waals surface area contributed by atoms with E-state index in [1.807, 2.05) is 0 Å². The van der Waals surface area contributed by atoms with Crippen molar-refractivity contribution in [2.45, 2.75) is 12.8 Å². The highest BCUT2D eigenvalue weighted by Crippen LogP contribution is 2.56. The molecule has 0 spiro atoms. The Morgan fingerprint density at radius 2 is 0.676 bits per heavy atom. The van der Waals surface area contributed by atoms with E-state index in [2.05, 4.69) is 159 Å². The molecule has 0 amide bonds. The summed E-state index contributed by atoms with van der Waals surface area (Å²) in [6.45, 7) is 2.41. The van der Waals surface area contributed by atoms with Crippen molar-refractivity contribution in [1.29, 1.82) is 0 Å². The summed E-state index contributed by atoms with van der Waals surface area (Å²) in [6.07, 6.45) is 0. The first-order chi connectivity index (χ1) is 18.3. The van der Waals surface area contributed by atoms with Crippen LogP contribution in [-0.4, -0.2) is 0 Å². The maximum Gasteiger partial charge on any atom is 0.0168 e. The summed E-state index contributed by atoms with van der Waals surface area (Å²) >= 11 is 0. The summed E-state index contributed by atoms with van der Waals surface area (Å²) in [7, 11) is 0. The smallest absolute Gasteiger partial charge is 0.0168 e. The van der Waals surface area contributed by atoms with Crippen molar-refractivity contribution in [2.75, 3.05) is 0 Å². The molecule has 0 saturated carbocycles. The maximum atomic E-state index is 2.41. The van der Waals surface area contributed by atoms with Gasteiger partial charge in [0.1, 0.15) is 0 Å². The third-order valence-corrected chi connectivity index (χ3v) is 7.51. The summed E-state index contributed by atoms with van der Waals surface area (Å²) < 4.78 is 0. The zero-order valence-corrected chi connectivity index (χ0v) is 21.1. The van der Waals surface area contributed by atoms with Crippen LogP contribution in [-0.2, 0) is 0 Å². The molecule has 178 valence electrons. The molecular weight excluding hydrogens is 444 g/mol. The van der Waals surface area contributed by atoms with Gasteiger partial charge in [-0.15, -0.1) is 0 Å². The zero-order valence-electron chi connectivity index (χ0n) is 21.1. The van der Waals surface area contributed by atoms with E-state index >= 15 is 0 Å². The summed E-state index contributed by atoms with van der Waals surface area (Å²) in [5, 5.41) is 0. The average molecular weight is 475 g/mol. The summed E-state index contributed by atoms with van der Waals surface area (Å²) in [5.74, 6) is 0.476. The second-order valence-electron chi connectivity index (χ2n) is 9.72. The molecule has 5 aromatic rings. The molecule has 1 aliphatic rings. The molecule has 37 heavy (non-hydrogen) atoms. The first-order valence-corrected chi connectivity index (χ1v) is 13.1. The van der Waals surface area contributed by atoms with E-state index in [9.17, 15) is 0 Å². The van der Waals surface area contributed by atoms with E-state index in [1.165, 1.54) is 50.1 Å². The first-order valence-electron chi connectivity index (χ1n) is 13.1. The molecule has 0 aliphatic heterocycles. The van der Waals surface area contributed by atoms with Gasteiger partial charge in [-0.2, -0.15) is 0 Å². The van der Waals surface area contributed by atoms with Crippen molar-refractivity contribution >= 4 is 22.3 Å². The Balaban J connectivity index is 1.79. The zero-order chi connectivity index (χ0) is 25.0. The maximum absolute atomic E-state index is 2.41. The molecule has 6 rings (SSSR count). The fourth-order valence-corrected chi connectivity index (χ4v) is 5.96. The van der Waals surface area contributed by atoms with Crippen LogP contribution >= 0.6 is 0 Å². The van der Waals surface area contributed by atoms with Crippen molar-refractivity contribution in [2.24, 2.45) is 5.92 Å². The minimum Gasteiger partial charge on any atom is -0.0622 e. The Kier molecular flexibility index (Phi) is 6.40. The number of benzene rings is 5. The van der Waals surface area contributed by atoms with E-state index in [1.54, 1.807) is 0 Å². The summed E-state index contributed by atoms with van der Waals surface area (Å²) in [5.41, 5.74) is 11.9. The SMILES string of the molecule is C[C@@H]1C(c2ccccc2)=C(c2ccccc2)C(c2ccccc2)=C(c2ccccc2)[C@H]1c1ccccc1. The molecule has 0 unspecified atom stereocenters. The molecular formula is C37H30. The van der Waals surface area contributed by atoms with Crippen LogP contribution < -0.4 is 0 Å². The van der Waals surface area contributed by atoms with E-state index in [-0.39, 0.29) is 11.8 Å². The van der Waals surface area contributed by atoms with E-state index in [0.29, 0.717) is 0 Å². The van der Waals surface area contributed by atoms with Gasteiger partial charge in [0, 0.05) is 5.92 Å². The van der Waals surface area contributed by atoms with Crippen molar-refractivity contribution < 1.29 is 0 Å². The Morgan fingerprint density at radius 3 is 1.11 bits per heavy atom. The number of hydrogen-bond acceptors (Lipinski definition) is 0. The van der Waals surface area contributed by atoms with Crippen LogP contribution in [0.15, 0.2) is 152 Å². The Bertz CT molecular complexity index is 1530. The Labute approximate surface area is 220 Å². The lowest BCUT2D eigenvalue weighted by molar-refractivity contribution is 0.671. The minimum absolute atomic E-state index is 0.210.